The van der Waals surface area contributed by atoms with Gasteiger partial charge in [0.05, 0.1) is 11.0 Å². The summed E-state index contributed by atoms with van der Waals surface area (Å²) in [5.74, 6) is 0.164. The highest BCUT2D eigenvalue weighted by Crippen LogP contribution is 2.30. The molecule has 0 amide bonds. The van der Waals surface area contributed by atoms with Crippen molar-refractivity contribution in [1.82, 2.24) is 14.7 Å². The van der Waals surface area contributed by atoms with Crippen LogP contribution in [0, 0.1) is 10.1 Å². The lowest BCUT2D eigenvalue weighted by Gasteiger charge is -2.35. The molecular formula is C10H17N5O2. The summed E-state index contributed by atoms with van der Waals surface area (Å²) in [6.07, 6.45) is 3.07. The zero-order valence-corrected chi connectivity index (χ0v) is 10.0. The van der Waals surface area contributed by atoms with Crippen LogP contribution < -0.4 is 5.73 Å². The fraction of sp³-hybridized carbons (Fsp3) is 0.700. The van der Waals surface area contributed by atoms with Gasteiger partial charge >= 0.3 is 5.69 Å². The maximum Gasteiger partial charge on any atom is 0.330 e. The molecule has 1 aromatic rings. The molecule has 2 rings (SSSR count). The predicted molar refractivity (Wildman–Crippen MR) is 63.7 cm³/mol. The Morgan fingerprint density at radius 3 is 2.88 bits per heavy atom. The average Bonchev–Trinajstić information content (AvgIpc) is 2.64. The fourth-order valence-corrected chi connectivity index (χ4v) is 2.28. The van der Waals surface area contributed by atoms with Gasteiger partial charge in [0.15, 0.2) is 0 Å². The molecule has 17 heavy (non-hydrogen) atoms. The normalized spacial score (nSPS) is 26.0. The first-order valence-corrected chi connectivity index (χ1v) is 5.68. The SMILES string of the molecule is CC1CC(n2ncc([N+](=O)[O-])c2N)CCN1C. The van der Waals surface area contributed by atoms with Gasteiger partial charge in [0.25, 0.3) is 0 Å². The maximum absolute atomic E-state index is 10.7. The van der Waals surface area contributed by atoms with Crippen LogP contribution in [0.3, 0.4) is 0 Å². The van der Waals surface area contributed by atoms with Crippen molar-refractivity contribution < 1.29 is 4.92 Å². The first-order chi connectivity index (χ1) is 8.00. The van der Waals surface area contributed by atoms with E-state index in [1.165, 1.54) is 6.20 Å². The van der Waals surface area contributed by atoms with Gasteiger partial charge in [-0.3, -0.25) is 10.1 Å². The Bertz CT molecular complexity index is 430. The number of aromatic nitrogens is 2. The Morgan fingerprint density at radius 2 is 2.35 bits per heavy atom. The minimum atomic E-state index is -0.489. The van der Waals surface area contributed by atoms with Crippen LogP contribution in [0.25, 0.3) is 0 Å². The summed E-state index contributed by atoms with van der Waals surface area (Å²) < 4.78 is 1.60. The molecule has 1 aliphatic rings. The van der Waals surface area contributed by atoms with E-state index < -0.39 is 4.92 Å². The van der Waals surface area contributed by atoms with E-state index in [2.05, 4.69) is 24.0 Å². The van der Waals surface area contributed by atoms with Crippen LogP contribution in [0.4, 0.5) is 11.5 Å². The van der Waals surface area contributed by atoms with Crippen molar-refractivity contribution in [2.45, 2.75) is 31.8 Å². The monoisotopic (exact) mass is 239 g/mol. The Balaban J connectivity index is 2.21. The molecule has 1 aliphatic heterocycles. The van der Waals surface area contributed by atoms with Crippen LogP contribution in [-0.2, 0) is 0 Å². The lowest BCUT2D eigenvalue weighted by molar-refractivity contribution is -0.384. The van der Waals surface area contributed by atoms with Gasteiger partial charge in [-0.05, 0) is 26.8 Å². The van der Waals surface area contributed by atoms with Crippen molar-refractivity contribution in [2.24, 2.45) is 0 Å². The molecule has 0 bridgehead atoms. The quantitative estimate of drug-likeness (QED) is 0.615. The molecule has 2 N–H and O–H groups in total. The highest BCUT2D eigenvalue weighted by atomic mass is 16.6. The number of hydrogen-bond donors (Lipinski definition) is 1. The van der Waals surface area contributed by atoms with Crippen molar-refractivity contribution >= 4 is 11.5 Å². The Hall–Kier alpha value is -1.63. The molecule has 2 atom stereocenters. The number of hydrogen-bond acceptors (Lipinski definition) is 5. The summed E-state index contributed by atoms with van der Waals surface area (Å²) in [6.45, 7) is 3.10. The third-order valence-electron chi connectivity index (χ3n) is 3.54. The minimum Gasteiger partial charge on any atom is -0.378 e. The number of nitrogens with two attached hydrogens (primary N) is 1. The van der Waals surface area contributed by atoms with Gasteiger partial charge < -0.3 is 10.6 Å². The van der Waals surface area contributed by atoms with E-state index >= 15 is 0 Å². The number of anilines is 1. The van der Waals surface area contributed by atoms with Crippen LogP contribution in [-0.4, -0.2) is 39.2 Å². The molecule has 2 heterocycles. The van der Waals surface area contributed by atoms with E-state index in [1.54, 1.807) is 4.68 Å². The van der Waals surface area contributed by atoms with Crippen LogP contribution in [0.15, 0.2) is 6.20 Å². The molecule has 2 unspecified atom stereocenters. The Kier molecular flexibility index (Phi) is 3.01. The van der Waals surface area contributed by atoms with Crippen LogP contribution in [0.2, 0.25) is 0 Å². The zero-order valence-electron chi connectivity index (χ0n) is 10.0. The number of nitro groups is 1. The largest absolute Gasteiger partial charge is 0.378 e. The van der Waals surface area contributed by atoms with Gasteiger partial charge in [-0.25, -0.2) is 4.68 Å². The summed E-state index contributed by atoms with van der Waals surface area (Å²) in [4.78, 5) is 12.5. The van der Waals surface area contributed by atoms with Crippen LogP contribution in [0.5, 0.6) is 0 Å². The van der Waals surface area contributed by atoms with Gasteiger partial charge in [-0.15, -0.1) is 0 Å². The topological polar surface area (TPSA) is 90.2 Å². The van der Waals surface area contributed by atoms with Gasteiger partial charge in [0, 0.05) is 12.6 Å². The second-order valence-electron chi connectivity index (χ2n) is 4.62. The predicted octanol–water partition coefficient (Wildman–Crippen LogP) is 1.03. The third kappa shape index (κ3) is 2.10. The lowest BCUT2D eigenvalue weighted by Crippen LogP contribution is -2.38. The third-order valence-corrected chi connectivity index (χ3v) is 3.54. The van der Waals surface area contributed by atoms with Crippen molar-refractivity contribution in [3.05, 3.63) is 16.3 Å². The Morgan fingerprint density at radius 1 is 1.65 bits per heavy atom. The number of nitrogens with zero attached hydrogens (tertiary/aromatic N) is 4. The average molecular weight is 239 g/mol. The molecule has 0 aliphatic carbocycles. The van der Waals surface area contributed by atoms with Gasteiger partial charge in [0.1, 0.15) is 6.20 Å². The highest BCUT2D eigenvalue weighted by Gasteiger charge is 2.28. The second kappa shape index (κ2) is 4.33. The molecule has 7 nitrogen and oxygen atoms in total. The zero-order chi connectivity index (χ0) is 12.6. The van der Waals surface area contributed by atoms with E-state index in [1.807, 2.05) is 0 Å². The number of piperidine rings is 1. The van der Waals surface area contributed by atoms with E-state index in [4.69, 9.17) is 5.73 Å². The molecular weight excluding hydrogens is 222 g/mol. The summed E-state index contributed by atoms with van der Waals surface area (Å²) in [6, 6.07) is 0.603. The molecule has 1 fully saturated rings. The van der Waals surface area contributed by atoms with Crippen molar-refractivity contribution in [3.63, 3.8) is 0 Å². The first kappa shape index (κ1) is 11.8. The molecule has 7 heteroatoms. The number of likely N-dealkylation sites (tertiary alicyclic amines) is 1. The maximum atomic E-state index is 10.7. The van der Waals surface area contributed by atoms with Gasteiger partial charge in [-0.2, -0.15) is 5.10 Å². The molecule has 0 saturated carbocycles. The van der Waals surface area contributed by atoms with E-state index in [-0.39, 0.29) is 17.5 Å². The molecule has 0 spiro atoms. The van der Waals surface area contributed by atoms with Crippen molar-refractivity contribution in [2.75, 3.05) is 19.3 Å². The molecule has 94 valence electrons. The summed E-state index contributed by atoms with van der Waals surface area (Å²) in [5, 5.41) is 14.7. The standard InChI is InChI=1S/C10H17N5O2/c1-7-5-8(3-4-13(7)2)14-10(11)9(6-12-14)15(16)17/h6-8H,3-5,11H2,1-2H3. The molecule has 1 saturated heterocycles. The molecule has 0 radical (unpaired) electrons. The lowest BCUT2D eigenvalue weighted by atomic mass is 9.99. The Labute approximate surface area is 99.3 Å². The summed E-state index contributed by atoms with van der Waals surface area (Å²) in [5.41, 5.74) is 5.66. The minimum absolute atomic E-state index is 0.100. The number of rotatable bonds is 2. The first-order valence-electron chi connectivity index (χ1n) is 5.68. The molecule has 1 aromatic heterocycles. The van der Waals surface area contributed by atoms with E-state index in [0.29, 0.717) is 6.04 Å². The van der Waals surface area contributed by atoms with E-state index in [9.17, 15) is 10.1 Å². The smallest absolute Gasteiger partial charge is 0.330 e. The van der Waals surface area contributed by atoms with E-state index in [0.717, 1.165) is 19.4 Å². The summed E-state index contributed by atoms with van der Waals surface area (Å²) >= 11 is 0. The molecule has 0 aromatic carbocycles. The van der Waals surface area contributed by atoms with Crippen LogP contribution in [0.1, 0.15) is 25.8 Å². The summed E-state index contributed by atoms with van der Waals surface area (Å²) in [7, 11) is 2.08. The fourth-order valence-electron chi connectivity index (χ4n) is 2.28. The van der Waals surface area contributed by atoms with Crippen molar-refractivity contribution in [1.29, 1.82) is 0 Å². The second-order valence-corrected chi connectivity index (χ2v) is 4.62. The highest BCUT2D eigenvalue weighted by molar-refractivity contribution is 5.51. The van der Waals surface area contributed by atoms with Crippen LogP contribution >= 0.6 is 0 Å². The van der Waals surface area contributed by atoms with Gasteiger partial charge in [-0.1, -0.05) is 0 Å². The van der Waals surface area contributed by atoms with Gasteiger partial charge in [0.2, 0.25) is 5.82 Å². The van der Waals surface area contributed by atoms with Crippen molar-refractivity contribution in [3.8, 4) is 0 Å². The number of nitrogen functional groups attached to an aromatic ring is 1.